The highest BCUT2D eigenvalue weighted by atomic mass is 35.5. The molecule has 2 rings (SSSR count). The predicted octanol–water partition coefficient (Wildman–Crippen LogP) is 3.48. The van der Waals surface area contributed by atoms with Crippen LogP contribution in [0.5, 0.6) is 5.75 Å². The molecule has 0 saturated carbocycles. The number of ether oxygens (including phenoxy) is 1. The van der Waals surface area contributed by atoms with Gasteiger partial charge in [-0.25, -0.2) is 8.78 Å². The molecule has 0 saturated heterocycles. The summed E-state index contributed by atoms with van der Waals surface area (Å²) >= 11 is 5.64. The molecule has 20 heavy (non-hydrogen) atoms. The van der Waals surface area contributed by atoms with E-state index in [4.69, 9.17) is 27.5 Å². The highest BCUT2D eigenvalue weighted by Gasteiger charge is 2.10. The molecule has 0 radical (unpaired) electrons. The second-order valence-corrected chi connectivity index (χ2v) is 4.47. The molecule has 0 bridgehead atoms. The van der Waals surface area contributed by atoms with Gasteiger partial charge in [0.25, 0.3) is 0 Å². The third-order valence-corrected chi connectivity index (χ3v) is 2.95. The zero-order valence-corrected chi connectivity index (χ0v) is 11.0. The molecule has 0 unspecified atom stereocenters. The number of rotatable bonds is 4. The number of nitrogens with one attached hydrogen (secondary N) is 1. The Labute approximate surface area is 119 Å². The lowest BCUT2D eigenvalue weighted by Crippen LogP contribution is -2.11. The number of nitrogen functional groups attached to an aromatic ring is 1. The van der Waals surface area contributed by atoms with E-state index >= 15 is 0 Å². The van der Waals surface area contributed by atoms with Crippen molar-refractivity contribution in [2.75, 3.05) is 0 Å². The second kappa shape index (κ2) is 5.88. The third-order valence-electron chi connectivity index (χ3n) is 2.66. The first-order valence-electron chi connectivity index (χ1n) is 5.68. The summed E-state index contributed by atoms with van der Waals surface area (Å²) in [6.45, 7) is -0.150. The fraction of sp³-hybridized carbons (Fsp3) is 0.0714. The van der Waals surface area contributed by atoms with Crippen LogP contribution in [0.4, 0.5) is 8.78 Å². The van der Waals surface area contributed by atoms with Crippen LogP contribution in [0.1, 0.15) is 11.1 Å². The van der Waals surface area contributed by atoms with Crippen LogP contribution in [0.2, 0.25) is 5.02 Å². The van der Waals surface area contributed by atoms with E-state index in [0.717, 1.165) is 6.07 Å². The molecule has 0 amide bonds. The van der Waals surface area contributed by atoms with Gasteiger partial charge in [-0.05, 0) is 24.3 Å². The summed E-state index contributed by atoms with van der Waals surface area (Å²) in [6, 6.07) is 8.39. The van der Waals surface area contributed by atoms with Gasteiger partial charge in [0.2, 0.25) is 0 Å². The molecule has 0 fully saturated rings. The molecule has 104 valence electrons. The summed E-state index contributed by atoms with van der Waals surface area (Å²) in [5, 5.41) is 7.18. The van der Waals surface area contributed by atoms with Crippen LogP contribution in [-0.2, 0) is 6.61 Å². The first-order chi connectivity index (χ1) is 9.49. The largest absolute Gasteiger partial charge is 0.486 e. The maximum Gasteiger partial charge on any atom is 0.165 e. The minimum atomic E-state index is -0.667. The van der Waals surface area contributed by atoms with Crippen LogP contribution < -0.4 is 10.5 Å². The van der Waals surface area contributed by atoms with Gasteiger partial charge in [0, 0.05) is 11.1 Å². The van der Waals surface area contributed by atoms with Crippen LogP contribution in [0, 0.1) is 17.0 Å². The first-order valence-corrected chi connectivity index (χ1v) is 6.06. The maximum atomic E-state index is 13.7. The van der Waals surface area contributed by atoms with Gasteiger partial charge < -0.3 is 10.5 Å². The molecule has 0 heterocycles. The SMILES string of the molecule is N=C(N)c1ccc(OCc2cccc(Cl)c2F)c(F)c1. The normalized spacial score (nSPS) is 10.3. The van der Waals surface area contributed by atoms with Gasteiger partial charge >= 0.3 is 0 Å². The van der Waals surface area contributed by atoms with Gasteiger partial charge in [0.05, 0.1) is 5.02 Å². The molecular weight excluding hydrogens is 286 g/mol. The topological polar surface area (TPSA) is 59.1 Å². The Morgan fingerprint density at radius 2 is 2.00 bits per heavy atom. The predicted molar refractivity (Wildman–Crippen MR) is 73.2 cm³/mol. The highest BCUT2D eigenvalue weighted by molar-refractivity contribution is 6.30. The van der Waals surface area contributed by atoms with Crippen molar-refractivity contribution < 1.29 is 13.5 Å². The Morgan fingerprint density at radius 1 is 1.25 bits per heavy atom. The number of hydrogen-bond donors (Lipinski definition) is 2. The highest BCUT2D eigenvalue weighted by Crippen LogP contribution is 2.22. The summed E-state index contributed by atoms with van der Waals surface area (Å²) in [6.07, 6.45) is 0. The van der Waals surface area contributed by atoms with E-state index in [2.05, 4.69) is 0 Å². The van der Waals surface area contributed by atoms with Crippen LogP contribution in [-0.4, -0.2) is 5.84 Å². The number of nitrogens with two attached hydrogens (primary N) is 1. The number of halogens is 3. The number of amidine groups is 1. The summed E-state index contributed by atoms with van der Waals surface area (Å²) < 4.78 is 32.5. The van der Waals surface area contributed by atoms with Gasteiger partial charge in [0.1, 0.15) is 18.3 Å². The Balaban J connectivity index is 2.15. The minimum Gasteiger partial charge on any atom is -0.486 e. The molecule has 0 atom stereocenters. The summed E-state index contributed by atoms with van der Waals surface area (Å²) in [4.78, 5) is 0. The van der Waals surface area contributed by atoms with Crippen LogP contribution in [0.15, 0.2) is 36.4 Å². The summed E-state index contributed by atoms with van der Waals surface area (Å²) in [5.74, 6) is -1.54. The van der Waals surface area contributed by atoms with Crippen molar-refractivity contribution in [2.24, 2.45) is 5.73 Å². The first kappa shape index (κ1) is 14.3. The third kappa shape index (κ3) is 3.05. The Morgan fingerprint density at radius 3 is 2.65 bits per heavy atom. The fourth-order valence-corrected chi connectivity index (χ4v) is 1.79. The zero-order chi connectivity index (χ0) is 14.7. The van der Waals surface area contributed by atoms with E-state index in [0.29, 0.717) is 0 Å². The van der Waals surface area contributed by atoms with Crippen molar-refractivity contribution in [1.82, 2.24) is 0 Å². The van der Waals surface area contributed by atoms with Crippen molar-refractivity contribution in [3.8, 4) is 5.75 Å². The molecule has 0 aromatic heterocycles. The zero-order valence-electron chi connectivity index (χ0n) is 10.3. The summed E-state index contributed by atoms with van der Waals surface area (Å²) in [7, 11) is 0. The van der Waals surface area contributed by atoms with E-state index in [-0.39, 0.29) is 34.3 Å². The lowest BCUT2D eigenvalue weighted by molar-refractivity contribution is 0.285. The molecule has 0 spiro atoms. The lowest BCUT2D eigenvalue weighted by atomic mass is 10.2. The van der Waals surface area contributed by atoms with Gasteiger partial charge in [-0.2, -0.15) is 0 Å². The smallest absolute Gasteiger partial charge is 0.165 e. The molecule has 3 N–H and O–H groups in total. The van der Waals surface area contributed by atoms with E-state index < -0.39 is 11.6 Å². The van der Waals surface area contributed by atoms with Gasteiger partial charge in [-0.3, -0.25) is 5.41 Å². The van der Waals surface area contributed by atoms with E-state index in [1.165, 1.54) is 24.3 Å². The number of hydrogen-bond acceptors (Lipinski definition) is 2. The van der Waals surface area contributed by atoms with Crippen molar-refractivity contribution in [2.45, 2.75) is 6.61 Å². The average Bonchev–Trinajstić information content (AvgIpc) is 2.41. The monoisotopic (exact) mass is 296 g/mol. The molecule has 0 aliphatic rings. The standard InChI is InChI=1S/C14H11ClF2N2O/c15-10-3-1-2-9(13(10)17)7-20-12-5-4-8(14(18)19)6-11(12)16/h1-6H,7H2,(H3,18,19). The van der Waals surface area contributed by atoms with E-state index in [9.17, 15) is 8.78 Å². The van der Waals surface area contributed by atoms with Crippen molar-refractivity contribution in [3.05, 3.63) is 64.2 Å². The molecule has 2 aromatic rings. The molecule has 3 nitrogen and oxygen atoms in total. The van der Waals surface area contributed by atoms with Crippen LogP contribution in [0.3, 0.4) is 0 Å². The van der Waals surface area contributed by atoms with Gasteiger partial charge in [-0.15, -0.1) is 0 Å². The lowest BCUT2D eigenvalue weighted by Gasteiger charge is -2.09. The molecule has 0 aliphatic heterocycles. The number of benzene rings is 2. The van der Waals surface area contributed by atoms with Crippen molar-refractivity contribution in [3.63, 3.8) is 0 Å². The van der Waals surface area contributed by atoms with Gasteiger partial charge in [-0.1, -0.05) is 23.7 Å². The summed E-state index contributed by atoms with van der Waals surface area (Å²) in [5.41, 5.74) is 5.73. The molecule has 0 aliphatic carbocycles. The Bertz CT molecular complexity index is 662. The van der Waals surface area contributed by atoms with Crippen LogP contribution >= 0.6 is 11.6 Å². The Kier molecular flexibility index (Phi) is 4.20. The van der Waals surface area contributed by atoms with E-state index in [1.54, 1.807) is 6.07 Å². The van der Waals surface area contributed by atoms with Crippen LogP contribution in [0.25, 0.3) is 0 Å². The van der Waals surface area contributed by atoms with Crippen molar-refractivity contribution in [1.29, 1.82) is 5.41 Å². The quantitative estimate of drug-likeness (QED) is 0.670. The fourth-order valence-electron chi connectivity index (χ4n) is 1.60. The maximum absolute atomic E-state index is 13.7. The molecule has 2 aromatic carbocycles. The molecule has 6 heteroatoms. The van der Waals surface area contributed by atoms with Gasteiger partial charge in [0.15, 0.2) is 11.6 Å². The molecular formula is C14H11ClF2N2O. The second-order valence-electron chi connectivity index (χ2n) is 4.06. The minimum absolute atomic E-state index is 0.0153. The van der Waals surface area contributed by atoms with E-state index in [1.807, 2.05) is 0 Å². The Hall–Kier alpha value is -2.14. The van der Waals surface area contributed by atoms with Crippen molar-refractivity contribution >= 4 is 17.4 Å². The average molecular weight is 297 g/mol.